The van der Waals surface area contributed by atoms with Crippen LogP contribution in [0.15, 0.2) is 59.1 Å². The number of nitrogens with zero attached hydrogens (tertiary/aromatic N) is 1. The van der Waals surface area contributed by atoms with E-state index in [4.69, 9.17) is 4.52 Å². The Bertz CT molecular complexity index is 1040. The van der Waals surface area contributed by atoms with Crippen molar-refractivity contribution in [3.05, 3.63) is 65.7 Å². The summed E-state index contributed by atoms with van der Waals surface area (Å²) in [6, 6.07) is 16.6. The van der Waals surface area contributed by atoms with Crippen molar-refractivity contribution < 1.29 is 14.1 Å². The summed E-state index contributed by atoms with van der Waals surface area (Å²) >= 11 is 0. The summed E-state index contributed by atoms with van der Waals surface area (Å²) in [6.45, 7) is 4.16. The number of hydrogen-bond donors (Lipinski definition) is 2. The minimum absolute atomic E-state index is 0.00373. The number of amides is 2. The molecule has 29 heavy (non-hydrogen) atoms. The highest BCUT2D eigenvalue weighted by Gasteiger charge is 2.39. The molecule has 1 saturated carbocycles. The molecule has 1 heterocycles. The third kappa shape index (κ3) is 4.37. The van der Waals surface area contributed by atoms with Crippen molar-refractivity contribution in [1.82, 2.24) is 5.16 Å². The molecule has 0 aliphatic heterocycles. The molecule has 2 amide bonds. The lowest BCUT2D eigenvalue weighted by molar-refractivity contribution is -0.117. The lowest BCUT2D eigenvalue weighted by Gasteiger charge is -2.07. The average molecular weight is 389 g/mol. The van der Waals surface area contributed by atoms with E-state index in [1.54, 1.807) is 30.3 Å². The van der Waals surface area contributed by atoms with Crippen LogP contribution in [0, 0.1) is 11.8 Å². The topological polar surface area (TPSA) is 84.2 Å². The molecule has 0 radical (unpaired) electrons. The number of aromatic nitrogens is 1. The van der Waals surface area contributed by atoms with Crippen LogP contribution >= 0.6 is 0 Å². The zero-order valence-corrected chi connectivity index (χ0v) is 16.4. The van der Waals surface area contributed by atoms with E-state index >= 15 is 0 Å². The second-order valence-corrected chi connectivity index (χ2v) is 7.47. The van der Waals surface area contributed by atoms with Crippen LogP contribution < -0.4 is 10.6 Å². The van der Waals surface area contributed by atoms with Gasteiger partial charge in [0, 0.05) is 28.8 Å². The normalized spacial score (nSPS) is 17.6. The zero-order chi connectivity index (χ0) is 20.4. The number of carbonyl (C=O) groups is 2. The summed E-state index contributed by atoms with van der Waals surface area (Å²) in [5.74, 6) is 0.451. The second-order valence-electron chi connectivity index (χ2n) is 7.47. The van der Waals surface area contributed by atoms with Crippen molar-refractivity contribution in [2.24, 2.45) is 11.8 Å². The van der Waals surface area contributed by atoms with E-state index in [-0.39, 0.29) is 23.6 Å². The summed E-state index contributed by atoms with van der Waals surface area (Å²) < 4.78 is 5.26. The molecular weight excluding hydrogens is 366 g/mol. The van der Waals surface area contributed by atoms with Gasteiger partial charge in [0.05, 0.1) is 0 Å². The molecule has 0 bridgehead atoms. The minimum atomic E-state index is -0.329. The van der Waals surface area contributed by atoms with Gasteiger partial charge in [-0.2, -0.15) is 0 Å². The minimum Gasteiger partial charge on any atom is -0.338 e. The fourth-order valence-electron chi connectivity index (χ4n) is 3.23. The highest BCUT2D eigenvalue weighted by Crippen LogP contribution is 2.38. The first-order chi connectivity index (χ1) is 14.0. The predicted octanol–water partition coefficient (Wildman–Crippen LogP) is 4.75. The quantitative estimate of drug-likeness (QED) is 0.637. The van der Waals surface area contributed by atoms with Gasteiger partial charge in [-0.15, -0.1) is 0 Å². The Morgan fingerprint density at radius 3 is 2.55 bits per heavy atom. The van der Waals surface area contributed by atoms with E-state index in [1.165, 1.54) is 5.56 Å². The Hall–Kier alpha value is -3.41. The maximum atomic E-state index is 12.6. The van der Waals surface area contributed by atoms with Gasteiger partial charge in [-0.05, 0) is 42.5 Å². The van der Waals surface area contributed by atoms with Crippen molar-refractivity contribution >= 4 is 23.4 Å². The summed E-state index contributed by atoms with van der Waals surface area (Å²) in [4.78, 5) is 24.7. The van der Waals surface area contributed by atoms with Crippen LogP contribution in [-0.4, -0.2) is 17.0 Å². The second kappa shape index (κ2) is 7.91. The van der Waals surface area contributed by atoms with Crippen LogP contribution in [0.2, 0.25) is 0 Å². The maximum absolute atomic E-state index is 12.6. The third-order valence-electron chi connectivity index (χ3n) is 5.24. The number of carbonyl (C=O) groups excluding carboxylic acids is 2. The lowest BCUT2D eigenvalue weighted by atomic mass is 10.1. The molecule has 3 aromatic rings. The van der Waals surface area contributed by atoms with Crippen molar-refractivity contribution in [2.45, 2.75) is 26.7 Å². The number of anilines is 2. The van der Waals surface area contributed by atoms with E-state index in [0.717, 1.165) is 18.4 Å². The molecule has 6 nitrogen and oxygen atoms in total. The Balaban J connectivity index is 1.42. The maximum Gasteiger partial charge on any atom is 0.258 e. The van der Waals surface area contributed by atoms with Gasteiger partial charge in [0.15, 0.2) is 0 Å². The van der Waals surface area contributed by atoms with Crippen LogP contribution in [0.4, 0.5) is 11.6 Å². The molecule has 148 valence electrons. The number of rotatable bonds is 6. The number of aryl methyl sites for hydroxylation is 1. The van der Waals surface area contributed by atoms with Gasteiger partial charge in [0.1, 0.15) is 5.69 Å². The SMILES string of the molecule is CCc1ccc(-c2cc(NC(=O)c3cccc(NC(=O)C4CC4C)c3)on2)cc1. The van der Waals surface area contributed by atoms with Gasteiger partial charge in [0.25, 0.3) is 5.91 Å². The molecule has 6 heteroatoms. The number of benzene rings is 2. The third-order valence-corrected chi connectivity index (χ3v) is 5.24. The van der Waals surface area contributed by atoms with Gasteiger partial charge in [-0.3, -0.25) is 14.9 Å². The molecule has 2 N–H and O–H groups in total. The van der Waals surface area contributed by atoms with E-state index in [1.807, 2.05) is 24.3 Å². The fourth-order valence-corrected chi connectivity index (χ4v) is 3.23. The van der Waals surface area contributed by atoms with Gasteiger partial charge in [0.2, 0.25) is 11.8 Å². The van der Waals surface area contributed by atoms with E-state index in [0.29, 0.717) is 22.9 Å². The molecule has 0 saturated heterocycles. The molecule has 2 unspecified atom stereocenters. The molecule has 1 aliphatic rings. The Kier molecular flexibility index (Phi) is 5.16. The first-order valence-electron chi connectivity index (χ1n) is 9.82. The summed E-state index contributed by atoms with van der Waals surface area (Å²) in [7, 11) is 0. The lowest BCUT2D eigenvalue weighted by Crippen LogP contribution is -2.16. The van der Waals surface area contributed by atoms with E-state index < -0.39 is 0 Å². The molecule has 1 fully saturated rings. The van der Waals surface area contributed by atoms with Crippen LogP contribution in [0.1, 0.15) is 36.2 Å². The van der Waals surface area contributed by atoms with Gasteiger partial charge in [-0.25, -0.2) is 0 Å². The monoisotopic (exact) mass is 389 g/mol. The van der Waals surface area contributed by atoms with Crippen LogP contribution in [0.25, 0.3) is 11.3 Å². The first-order valence-corrected chi connectivity index (χ1v) is 9.82. The van der Waals surface area contributed by atoms with E-state index in [9.17, 15) is 9.59 Å². The largest absolute Gasteiger partial charge is 0.338 e. The smallest absolute Gasteiger partial charge is 0.258 e. The number of nitrogens with one attached hydrogen (secondary N) is 2. The highest BCUT2D eigenvalue weighted by molar-refractivity contribution is 6.05. The zero-order valence-electron chi connectivity index (χ0n) is 16.4. The standard InChI is InChI=1S/C23H23N3O3/c1-3-15-7-9-16(10-8-15)20-13-21(29-26-20)25-22(27)17-5-4-6-18(12-17)24-23(28)19-11-14(19)2/h4-10,12-14,19H,3,11H2,1-2H3,(H,24,28)(H,25,27). The molecule has 0 spiro atoms. The first kappa shape index (κ1) is 18.9. The summed E-state index contributed by atoms with van der Waals surface area (Å²) in [5.41, 5.74) is 3.86. The van der Waals surface area contributed by atoms with Crippen molar-refractivity contribution in [3.8, 4) is 11.3 Å². The van der Waals surface area contributed by atoms with Crippen LogP contribution in [0.3, 0.4) is 0 Å². The Labute approximate surface area is 169 Å². The molecular formula is C23H23N3O3. The van der Waals surface area contributed by atoms with Crippen LogP contribution in [0.5, 0.6) is 0 Å². The average Bonchev–Trinajstić information content (AvgIpc) is 3.29. The van der Waals surface area contributed by atoms with Crippen molar-refractivity contribution in [1.29, 1.82) is 0 Å². The molecule has 2 aromatic carbocycles. The van der Waals surface area contributed by atoms with Gasteiger partial charge in [-0.1, -0.05) is 49.3 Å². The molecule has 1 aromatic heterocycles. The predicted molar refractivity (Wildman–Crippen MR) is 112 cm³/mol. The van der Waals surface area contributed by atoms with Gasteiger partial charge >= 0.3 is 0 Å². The highest BCUT2D eigenvalue weighted by atomic mass is 16.5. The number of hydrogen-bond acceptors (Lipinski definition) is 4. The van der Waals surface area contributed by atoms with Crippen LogP contribution in [-0.2, 0) is 11.2 Å². The van der Waals surface area contributed by atoms with Crippen molar-refractivity contribution in [2.75, 3.05) is 10.6 Å². The van der Waals surface area contributed by atoms with Gasteiger partial charge < -0.3 is 9.84 Å². The molecule has 1 aliphatic carbocycles. The fraction of sp³-hybridized carbons (Fsp3) is 0.261. The summed E-state index contributed by atoms with van der Waals surface area (Å²) in [6.07, 6.45) is 1.89. The Morgan fingerprint density at radius 1 is 1.10 bits per heavy atom. The molecule has 4 rings (SSSR count). The Morgan fingerprint density at radius 2 is 1.86 bits per heavy atom. The summed E-state index contributed by atoms with van der Waals surface area (Å²) in [5, 5.41) is 9.62. The van der Waals surface area contributed by atoms with Crippen molar-refractivity contribution in [3.63, 3.8) is 0 Å². The van der Waals surface area contributed by atoms with E-state index in [2.05, 4.69) is 29.6 Å². The molecule has 2 atom stereocenters.